The Morgan fingerprint density at radius 3 is 2.87 bits per heavy atom. The van der Waals surface area contributed by atoms with Crippen LogP contribution in [0.15, 0.2) is 12.4 Å². The number of anilines is 1. The van der Waals surface area contributed by atoms with Crippen molar-refractivity contribution in [1.29, 1.82) is 0 Å². The van der Waals surface area contributed by atoms with Gasteiger partial charge in [-0.1, -0.05) is 0 Å². The molecule has 1 fully saturated rings. The molecule has 2 rings (SSSR count). The molecule has 23 heavy (non-hydrogen) atoms. The smallest absolute Gasteiger partial charge is 0.321 e. The Hall–Kier alpha value is -2.14. The molecule has 4 N–H and O–H groups in total. The van der Waals surface area contributed by atoms with Gasteiger partial charge >= 0.3 is 6.03 Å². The van der Waals surface area contributed by atoms with Crippen molar-refractivity contribution in [3.05, 3.63) is 12.4 Å². The predicted octanol–water partition coefficient (Wildman–Crippen LogP) is -1.09. The van der Waals surface area contributed by atoms with Crippen LogP contribution in [0.4, 0.5) is 10.5 Å². The fraction of sp³-hybridized carbons (Fsp3) is 0.583. The van der Waals surface area contributed by atoms with E-state index in [1.165, 1.54) is 22.0 Å². The standard InChI is InChI=1S/C12H20N6O4S/c1-23(21,22)16-9-3-2-4-17(6-9)12(20)15-10-5-14-18(7-10)8-11(13)19/h5,7,9,16H,2-4,6,8H2,1H3,(H2,13,19)(H,15,20)/t9-/m0/s1. The van der Waals surface area contributed by atoms with Gasteiger partial charge in [-0.3, -0.25) is 9.48 Å². The van der Waals surface area contributed by atoms with Crippen molar-refractivity contribution in [3.63, 3.8) is 0 Å². The SMILES string of the molecule is CS(=O)(=O)N[C@H]1CCCN(C(=O)Nc2cnn(CC(N)=O)c2)C1. The normalized spacial score (nSPS) is 18.7. The second-order valence-electron chi connectivity index (χ2n) is 5.50. The van der Waals surface area contributed by atoms with Crippen LogP contribution in [0.3, 0.4) is 0 Å². The average molecular weight is 344 g/mol. The van der Waals surface area contributed by atoms with Gasteiger partial charge in [-0.25, -0.2) is 17.9 Å². The molecule has 1 saturated heterocycles. The summed E-state index contributed by atoms with van der Waals surface area (Å²) >= 11 is 0. The van der Waals surface area contributed by atoms with Gasteiger partial charge in [-0.2, -0.15) is 5.10 Å². The van der Waals surface area contributed by atoms with E-state index in [-0.39, 0.29) is 18.6 Å². The minimum Gasteiger partial charge on any atom is -0.368 e. The molecule has 11 heteroatoms. The Kier molecular flexibility index (Phi) is 5.21. The number of aromatic nitrogens is 2. The number of nitrogens with zero attached hydrogens (tertiary/aromatic N) is 3. The number of carbonyl (C=O) groups excluding carboxylic acids is 2. The van der Waals surface area contributed by atoms with Crippen molar-refractivity contribution in [1.82, 2.24) is 19.4 Å². The molecule has 0 aliphatic carbocycles. The zero-order chi connectivity index (χ0) is 17.0. The van der Waals surface area contributed by atoms with Gasteiger partial charge in [0.1, 0.15) is 6.54 Å². The summed E-state index contributed by atoms with van der Waals surface area (Å²) in [5.41, 5.74) is 5.51. The van der Waals surface area contributed by atoms with E-state index in [0.717, 1.165) is 6.26 Å². The van der Waals surface area contributed by atoms with Gasteiger partial charge in [0.05, 0.1) is 18.1 Å². The fourth-order valence-electron chi connectivity index (χ4n) is 2.44. The summed E-state index contributed by atoms with van der Waals surface area (Å²) in [6.45, 7) is 0.775. The first-order chi connectivity index (χ1) is 10.7. The number of primary amides is 1. The first kappa shape index (κ1) is 17.2. The molecule has 1 aliphatic heterocycles. The van der Waals surface area contributed by atoms with Crippen LogP contribution < -0.4 is 15.8 Å². The highest BCUT2D eigenvalue weighted by Gasteiger charge is 2.25. The lowest BCUT2D eigenvalue weighted by atomic mass is 10.1. The van der Waals surface area contributed by atoms with Gasteiger partial charge in [0.15, 0.2) is 0 Å². The summed E-state index contributed by atoms with van der Waals surface area (Å²) in [6, 6.07) is -0.634. The number of carbonyl (C=O) groups is 2. The first-order valence-corrected chi connectivity index (χ1v) is 8.96. The number of nitrogens with one attached hydrogen (secondary N) is 2. The summed E-state index contributed by atoms with van der Waals surface area (Å²) < 4.78 is 26.4. The maximum absolute atomic E-state index is 12.2. The Labute approximate surface area is 134 Å². The summed E-state index contributed by atoms with van der Waals surface area (Å²) in [5, 5.41) is 6.57. The Morgan fingerprint density at radius 1 is 1.48 bits per heavy atom. The van der Waals surface area contributed by atoms with Crippen molar-refractivity contribution in [2.45, 2.75) is 25.4 Å². The largest absolute Gasteiger partial charge is 0.368 e. The molecule has 128 valence electrons. The molecule has 0 spiro atoms. The predicted molar refractivity (Wildman–Crippen MR) is 83.0 cm³/mol. The van der Waals surface area contributed by atoms with Gasteiger partial charge < -0.3 is 16.0 Å². The van der Waals surface area contributed by atoms with Crippen molar-refractivity contribution in [2.24, 2.45) is 5.73 Å². The molecule has 0 saturated carbocycles. The van der Waals surface area contributed by atoms with Crippen molar-refractivity contribution >= 4 is 27.6 Å². The number of hydrogen-bond acceptors (Lipinski definition) is 5. The van der Waals surface area contributed by atoms with Crippen LogP contribution in [-0.4, -0.2) is 60.4 Å². The number of nitrogens with two attached hydrogens (primary N) is 1. The van der Waals surface area contributed by atoms with Crippen LogP contribution >= 0.6 is 0 Å². The summed E-state index contributed by atoms with van der Waals surface area (Å²) in [4.78, 5) is 24.6. The highest BCUT2D eigenvalue weighted by molar-refractivity contribution is 7.88. The zero-order valence-corrected chi connectivity index (χ0v) is 13.5. The Morgan fingerprint density at radius 2 is 2.22 bits per heavy atom. The lowest BCUT2D eigenvalue weighted by molar-refractivity contribution is -0.118. The van der Waals surface area contributed by atoms with E-state index < -0.39 is 15.9 Å². The van der Waals surface area contributed by atoms with Gasteiger partial charge in [0.2, 0.25) is 15.9 Å². The topological polar surface area (TPSA) is 139 Å². The average Bonchev–Trinajstić information content (AvgIpc) is 2.83. The second-order valence-corrected chi connectivity index (χ2v) is 7.28. The number of hydrogen-bond donors (Lipinski definition) is 3. The summed E-state index contributed by atoms with van der Waals surface area (Å²) in [5.74, 6) is -0.531. The number of likely N-dealkylation sites (tertiary alicyclic amines) is 1. The van der Waals surface area contributed by atoms with Crippen LogP contribution in [-0.2, 0) is 21.4 Å². The first-order valence-electron chi connectivity index (χ1n) is 7.07. The molecule has 3 amide bonds. The van der Waals surface area contributed by atoms with E-state index in [0.29, 0.717) is 31.6 Å². The van der Waals surface area contributed by atoms with Gasteiger partial charge in [-0.05, 0) is 12.8 Å². The molecule has 0 radical (unpaired) electrons. The van der Waals surface area contributed by atoms with E-state index in [4.69, 9.17) is 5.73 Å². The minimum absolute atomic E-state index is 0.0695. The molecule has 2 heterocycles. The number of amides is 3. The van der Waals surface area contributed by atoms with Crippen molar-refractivity contribution in [2.75, 3.05) is 24.7 Å². The van der Waals surface area contributed by atoms with Crippen LogP contribution in [0.1, 0.15) is 12.8 Å². The number of urea groups is 1. The zero-order valence-electron chi connectivity index (χ0n) is 12.7. The van der Waals surface area contributed by atoms with Crippen LogP contribution in [0, 0.1) is 0 Å². The molecule has 10 nitrogen and oxygen atoms in total. The van der Waals surface area contributed by atoms with Crippen LogP contribution in [0.5, 0.6) is 0 Å². The van der Waals surface area contributed by atoms with E-state index in [1.54, 1.807) is 0 Å². The maximum Gasteiger partial charge on any atom is 0.321 e. The van der Waals surface area contributed by atoms with Gasteiger partial charge in [0, 0.05) is 25.3 Å². The number of sulfonamides is 1. The van der Waals surface area contributed by atoms with Crippen LogP contribution in [0.25, 0.3) is 0 Å². The molecule has 1 aliphatic rings. The Balaban J connectivity index is 1.92. The molecule has 0 aromatic carbocycles. The summed E-state index contributed by atoms with van der Waals surface area (Å²) in [7, 11) is -3.31. The maximum atomic E-state index is 12.2. The highest BCUT2D eigenvalue weighted by Crippen LogP contribution is 2.13. The third-order valence-corrected chi connectivity index (χ3v) is 4.05. The third kappa shape index (κ3) is 5.53. The van der Waals surface area contributed by atoms with E-state index in [9.17, 15) is 18.0 Å². The minimum atomic E-state index is -3.31. The molecular weight excluding hydrogens is 324 g/mol. The molecule has 0 bridgehead atoms. The van der Waals surface area contributed by atoms with Crippen molar-refractivity contribution < 1.29 is 18.0 Å². The quantitative estimate of drug-likeness (QED) is 0.623. The lowest BCUT2D eigenvalue weighted by Crippen LogP contribution is -2.50. The van der Waals surface area contributed by atoms with Gasteiger partial charge in [-0.15, -0.1) is 0 Å². The molecule has 1 atom stereocenters. The number of piperidine rings is 1. The van der Waals surface area contributed by atoms with E-state index >= 15 is 0 Å². The second kappa shape index (κ2) is 6.96. The van der Waals surface area contributed by atoms with Crippen molar-refractivity contribution in [3.8, 4) is 0 Å². The summed E-state index contributed by atoms with van der Waals surface area (Å²) in [6.07, 6.45) is 5.41. The Bertz CT molecular complexity index is 685. The molecule has 1 aromatic heterocycles. The fourth-order valence-corrected chi connectivity index (χ4v) is 3.24. The van der Waals surface area contributed by atoms with E-state index in [2.05, 4.69) is 15.1 Å². The molecular formula is C12H20N6O4S. The molecule has 1 aromatic rings. The highest BCUT2D eigenvalue weighted by atomic mass is 32.2. The lowest BCUT2D eigenvalue weighted by Gasteiger charge is -2.32. The third-order valence-electron chi connectivity index (χ3n) is 3.29. The van der Waals surface area contributed by atoms with E-state index in [1.807, 2.05) is 0 Å². The van der Waals surface area contributed by atoms with Crippen LogP contribution in [0.2, 0.25) is 0 Å². The molecule has 0 unspecified atom stereocenters. The monoisotopic (exact) mass is 344 g/mol. The number of rotatable bonds is 5. The van der Waals surface area contributed by atoms with Gasteiger partial charge in [0.25, 0.3) is 0 Å².